The summed E-state index contributed by atoms with van der Waals surface area (Å²) in [5.74, 6) is 0.549. The lowest BCUT2D eigenvalue weighted by Crippen LogP contribution is -2.47. The largest absolute Gasteiger partial charge is 0.342 e. The topological polar surface area (TPSA) is 40.6 Å². The summed E-state index contributed by atoms with van der Waals surface area (Å²) >= 11 is 0. The van der Waals surface area contributed by atoms with Crippen molar-refractivity contribution >= 4 is 11.8 Å². The van der Waals surface area contributed by atoms with Gasteiger partial charge in [0, 0.05) is 37.0 Å². The number of likely N-dealkylation sites (tertiary alicyclic amines) is 1. The number of rotatable bonds is 5. The van der Waals surface area contributed by atoms with Crippen LogP contribution in [-0.2, 0) is 22.6 Å². The molecule has 1 saturated heterocycles. The number of carbonyl (C=O) groups is 2. The summed E-state index contributed by atoms with van der Waals surface area (Å²) in [4.78, 5) is 29.7. The average Bonchev–Trinajstić information content (AvgIpc) is 3.50. The van der Waals surface area contributed by atoms with E-state index in [1.165, 1.54) is 11.1 Å². The monoisotopic (exact) mass is 370 g/mol. The van der Waals surface area contributed by atoms with E-state index in [9.17, 15) is 9.59 Å². The molecule has 148 valence electrons. The maximum atomic E-state index is 13.2. The van der Waals surface area contributed by atoms with Crippen molar-refractivity contribution in [3.05, 3.63) is 35.4 Å². The molecule has 1 aromatic rings. The Kier molecular flexibility index (Phi) is 5.92. The van der Waals surface area contributed by atoms with Gasteiger partial charge in [0.1, 0.15) is 0 Å². The molecule has 1 saturated carbocycles. The van der Waals surface area contributed by atoms with Gasteiger partial charge in [0.15, 0.2) is 0 Å². The molecule has 1 aromatic carbocycles. The number of amides is 2. The highest BCUT2D eigenvalue weighted by Crippen LogP contribution is 2.32. The maximum absolute atomic E-state index is 13.2. The summed E-state index contributed by atoms with van der Waals surface area (Å²) in [6.45, 7) is 10.2. The number of carbonyl (C=O) groups excluding carboxylic acids is 2. The van der Waals surface area contributed by atoms with E-state index in [2.05, 4.69) is 36.1 Å². The van der Waals surface area contributed by atoms with Crippen molar-refractivity contribution in [2.45, 2.75) is 72.4 Å². The van der Waals surface area contributed by atoms with Gasteiger partial charge in [-0.05, 0) is 43.2 Å². The van der Waals surface area contributed by atoms with Gasteiger partial charge in [0.25, 0.3) is 0 Å². The van der Waals surface area contributed by atoms with Crippen LogP contribution in [0.25, 0.3) is 0 Å². The molecule has 2 aliphatic rings. The van der Waals surface area contributed by atoms with Crippen molar-refractivity contribution in [1.82, 2.24) is 9.80 Å². The molecule has 1 aliphatic heterocycles. The first kappa shape index (κ1) is 19.9. The van der Waals surface area contributed by atoms with Crippen LogP contribution >= 0.6 is 0 Å². The van der Waals surface area contributed by atoms with E-state index in [0.29, 0.717) is 31.6 Å². The molecule has 0 spiro atoms. The second-order valence-corrected chi connectivity index (χ2v) is 9.18. The van der Waals surface area contributed by atoms with Crippen molar-refractivity contribution in [2.24, 2.45) is 11.3 Å². The summed E-state index contributed by atoms with van der Waals surface area (Å²) < 4.78 is 0. The van der Waals surface area contributed by atoms with Gasteiger partial charge >= 0.3 is 0 Å². The lowest BCUT2D eigenvalue weighted by Gasteiger charge is -2.37. The van der Waals surface area contributed by atoms with E-state index in [0.717, 1.165) is 32.1 Å². The van der Waals surface area contributed by atoms with Crippen LogP contribution in [0.3, 0.4) is 0 Å². The van der Waals surface area contributed by atoms with Gasteiger partial charge in [0.05, 0.1) is 0 Å². The molecule has 4 nitrogen and oxygen atoms in total. The minimum atomic E-state index is -0.346. The summed E-state index contributed by atoms with van der Waals surface area (Å²) in [6.07, 6.45) is 4.87. The van der Waals surface area contributed by atoms with E-state index in [4.69, 9.17) is 0 Å². The molecular formula is C23H34N2O2. The maximum Gasteiger partial charge on any atom is 0.227 e. The summed E-state index contributed by atoms with van der Waals surface area (Å²) in [7, 11) is 0. The van der Waals surface area contributed by atoms with Crippen molar-refractivity contribution in [2.75, 3.05) is 13.1 Å². The van der Waals surface area contributed by atoms with Crippen LogP contribution in [0.1, 0.15) is 64.5 Å². The molecule has 2 amide bonds. The molecular weight excluding hydrogens is 336 g/mol. The highest BCUT2D eigenvalue weighted by Gasteiger charge is 2.38. The van der Waals surface area contributed by atoms with E-state index in [1.54, 1.807) is 0 Å². The Morgan fingerprint density at radius 3 is 2.04 bits per heavy atom. The van der Waals surface area contributed by atoms with E-state index >= 15 is 0 Å². The third kappa shape index (κ3) is 4.91. The lowest BCUT2D eigenvalue weighted by atomic mass is 9.90. The van der Waals surface area contributed by atoms with Crippen LogP contribution in [0.2, 0.25) is 0 Å². The minimum absolute atomic E-state index is 0.0598. The number of piperidine rings is 1. The Morgan fingerprint density at radius 2 is 1.56 bits per heavy atom. The predicted molar refractivity (Wildman–Crippen MR) is 108 cm³/mol. The van der Waals surface area contributed by atoms with Crippen LogP contribution in [0.4, 0.5) is 0 Å². The Morgan fingerprint density at radius 1 is 1.00 bits per heavy atom. The van der Waals surface area contributed by atoms with Crippen LogP contribution in [0, 0.1) is 11.3 Å². The Hall–Kier alpha value is -1.84. The van der Waals surface area contributed by atoms with Gasteiger partial charge in [-0.1, -0.05) is 52.0 Å². The van der Waals surface area contributed by atoms with Gasteiger partial charge in [-0.3, -0.25) is 9.59 Å². The second-order valence-electron chi connectivity index (χ2n) is 9.18. The third-order valence-electron chi connectivity index (χ3n) is 5.83. The average molecular weight is 371 g/mol. The van der Waals surface area contributed by atoms with Crippen LogP contribution < -0.4 is 0 Å². The van der Waals surface area contributed by atoms with E-state index in [-0.39, 0.29) is 17.2 Å². The van der Waals surface area contributed by atoms with Crippen molar-refractivity contribution in [1.29, 1.82) is 0 Å². The fourth-order valence-corrected chi connectivity index (χ4v) is 3.89. The van der Waals surface area contributed by atoms with E-state index in [1.807, 2.05) is 25.7 Å². The summed E-state index contributed by atoms with van der Waals surface area (Å²) in [6, 6.07) is 9.07. The molecule has 1 aliphatic carbocycles. The quantitative estimate of drug-likeness (QED) is 0.785. The highest BCUT2D eigenvalue weighted by atomic mass is 16.2. The Labute approximate surface area is 163 Å². The van der Waals surface area contributed by atoms with Crippen LogP contribution in [0.15, 0.2) is 24.3 Å². The first-order valence-corrected chi connectivity index (χ1v) is 10.5. The molecule has 0 aromatic heterocycles. The predicted octanol–water partition coefficient (Wildman–Crippen LogP) is 4.02. The third-order valence-corrected chi connectivity index (χ3v) is 5.83. The number of hydrogen-bond acceptors (Lipinski definition) is 2. The minimum Gasteiger partial charge on any atom is -0.342 e. The Bertz CT molecular complexity index is 663. The number of nitrogens with zero attached hydrogens (tertiary/aromatic N) is 2. The lowest BCUT2D eigenvalue weighted by molar-refractivity contribution is -0.145. The molecule has 1 heterocycles. The van der Waals surface area contributed by atoms with Gasteiger partial charge in [-0.25, -0.2) is 0 Å². The van der Waals surface area contributed by atoms with Gasteiger partial charge < -0.3 is 9.80 Å². The fourth-order valence-electron chi connectivity index (χ4n) is 3.89. The second kappa shape index (κ2) is 8.04. The molecule has 0 bridgehead atoms. The zero-order valence-corrected chi connectivity index (χ0v) is 17.3. The molecule has 0 atom stereocenters. The van der Waals surface area contributed by atoms with Gasteiger partial charge in [-0.15, -0.1) is 0 Å². The zero-order valence-electron chi connectivity index (χ0n) is 17.3. The molecule has 3 rings (SSSR count). The number of hydrogen-bond donors (Lipinski definition) is 0. The smallest absolute Gasteiger partial charge is 0.227 e. The zero-order chi connectivity index (χ0) is 19.6. The molecule has 2 fully saturated rings. The van der Waals surface area contributed by atoms with Crippen LogP contribution in [-0.4, -0.2) is 40.7 Å². The Balaban J connectivity index is 1.60. The van der Waals surface area contributed by atoms with Gasteiger partial charge in [0.2, 0.25) is 11.8 Å². The van der Waals surface area contributed by atoms with Crippen molar-refractivity contribution in [3.8, 4) is 0 Å². The van der Waals surface area contributed by atoms with Gasteiger partial charge in [-0.2, -0.15) is 0 Å². The molecule has 0 radical (unpaired) electrons. The first-order valence-electron chi connectivity index (χ1n) is 10.5. The molecule has 0 N–H and O–H groups in total. The highest BCUT2D eigenvalue weighted by molar-refractivity contribution is 5.83. The summed E-state index contributed by atoms with van der Waals surface area (Å²) in [5, 5.41) is 0. The first-order chi connectivity index (χ1) is 12.8. The molecule has 0 unspecified atom stereocenters. The molecule has 4 heteroatoms. The van der Waals surface area contributed by atoms with Crippen LogP contribution in [0.5, 0.6) is 0 Å². The number of aryl methyl sites for hydroxylation is 1. The SMILES string of the molecule is CCc1ccc(CN(C(=O)C2CCN(C(=O)C(C)(C)C)CC2)C2CC2)cc1. The van der Waals surface area contributed by atoms with Crippen molar-refractivity contribution in [3.63, 3.8) is 0 Å². The summed E-state index contributed by atoms with van der Waals surface area (Å²) in [5.41, 5.74) is 2.20. The molecule has 27 heavy (non-hydrogen) atoms. The fraction of sp³-hybridized carbons (Fsp3) is 0.652. The standard InChI is InChI=1S/C23H34N2O2/c1-5-17-6-8-18(9-7-17)16-25(20-10-11-20)21(26)19-12-14-24(15-13-19)22(27)23(2,3)4/h6-9,19-20H,5,10-16H2,1-4H3. The number of benzene rings is 1. The van der Waals surface area contributed by atoms with E-state index < -0.39 is 0 Å². The van der Waals surface area contributed by atoms with Crippen molar-refractivity contribution < 1.29 is 9.59 Å². The normalized spacial score (nSPS) is 18.4.